The molecule has 0 amide bonds. The molecule has 0 spiro atoms. The lowest BCUT2D eigenvalue weighted by atomic mass is 10.0. The number of esters is 3. The van der Waals surface area contributed by atoms with E-state index < -0.39 is 6.10 Å². The van der Waals surface area contributed by atoms with Gasteiger partial charge in [0.25, 0.3) is 0 Å². The summed E-state index contributed by atoms with van der Waals surface area (Å²) < 4.78 is 16.8. The summed E-state index contributed by atoms with van der Waals surface area (Å²) in [6, 6.07) is 0. The van der Waals surface area contributed by atoms with Crippen LogP contribution in [0.3, 0.4) is 0 Å². The summed E-state index contributed by atoms with van der Waals surface area (Å²) in [5.74, 6) is -0.938. The number of hydrogen-bond acceptors (Lipinski definition) is 6. The molecule has 0 radical (unpaired) electrons. The van der Waals surface area contributed by atoms with Gasteiger partial charge < -0.3 is 14.2 Å². The van der Waals surface area contributed by atoms with E-state index >= 15 is 0 Å². The highest BCUT2D eigenvalue weighted by Crippen LogP contribution is 2.16. The summed E-state index contributed by atoms with van der Waals surface area (Å²) in [6.45, 7) is 6.60. The molecule has 0 aliphatic carbocycles. The second kappa shape index (κ2) is 57.7. The maximum absolute atomic E-state index is 12.8. The molecule has 0 heterocycles. The van der Waals surface area contributed by atoms with Gasteiger partial charge in [-0.15, -0.1) is 0 Å². The topological polar surface area (TPSA) is 78.9 Å². The first-order chi connectivity index (χ1) is 34.0. The molecule has 0 N–H and O–H groups in total. The molecule has 0 aliphatic rings. The van der Waals surface area contributed by atoms with Gasteiger partial charge in [0, 0.05) is 19.3 Å². The first kappa shape index (κ1) is 66.1. The number of carbonyl (C=O) groups excluding carboxylic acids is 3. The van der Waals surface area contributed by atoms with Gasteiger partial charge in [-0.25, -0.2) is 0 Å². The Kier molecular flexibility index (Phi) is 55.3. The van der Waals surface area contributed by atoms with Crippen LogP contribution in [0.5, 0.6) is 0 Å². The van der Waals surface area contributed by atoms with Crippen molar-refractivity contribution in [3.8, 4) is 0 Å². The zero-order valence-corrected chi connectivity index (χ0v) is 45.8. The summed E-state index contributed by atoms with van der Waals surface area (Å²) in [7, 11) is 0. The fraction of sp³-hybridized carbons (Fsp3) is 0.794. The quantitative estimate of drug-likeness (QED) is 0.0262. The standard InChI is InChI=1S/C63H112O6/c1-4-7-10-13-16-19-22-25-28-30-31-33-35-38-41-44-47-50-53-56-62(65)68-59-60(58-67-61(64)55-52-49-46-43-40-37-34-27-24-21-18-15-12-9-6-3)69-63(66)57-54-51-48-45-42-39-36-32-29-26-23-20-17-14-11-8-5-2/h17,20,25-26,28-29,36,39,45,48,60H,4-16,18-19,21-24,27,30-35,37-38,40-44,46-47,49-59H2,1-3H3/b20-17-,28-25-,29-26-,39-36-,48-45-/t60-/m0/s1. The minimum Gasteiger partial charge on any atom is -0.462 e. The van der Waals surface area contributed by atoms with Crippen molar-refractivity contribution in [3.63, 3.8) is 0 Å². The first-order valence-corrected chi connectivity index (χ1v) is 29.8. The number of carbonyl (C=O) groups is 3. The van der Waals surface area contributed by atoms with E-state index in [1.165, 1.54) is 193 Å². The molecule has 0 saturated heterocycles. The van der Waals surface area contributed by atoms with E-state index in [-0.39, 0.29) is 37.5 Å². The van der Waals surface area contributed by atoms with Crippen LogP contribution in [0.2, 0.25) is 0 Å². The predicted molar refractivity (Wildman–Crippen MR) is 298 cm³/mol. The average Bonchev–Trinajstić information content (AvgIpc) is 3.35. The van der Waals surface area contributed by atoms with Gasteiger partial charge in [-0.1, -0.05) is 261 Å². The average molecular weight is 966 g/mol. The molecule has 1 atom stereocenters. The monoisotopic (exact) mass is 965 g/mol. The minimum atomic E-state index is -0.802. The van der Waals surface area contributed by atoms with Crippen molar-refractivity contribution in [1.29, 1.82) is 0 Å². The van der Waals surface area contributed by atoms with Crippen LogP contribution in [-0.4, -0.2) is 37.2 Å². The van der Waals surface area contributed by atoms with Crippen LogP contribution in [0.4, 0.5) is 0 Å². The van der Waals surface area contributed by atoms with E-state index in [2.05, 4.69) is 81.5 Å². The molecule has 0 aliphatic heterocycles. The number of allylic oxidation sites excluding steroid dienone is 10. The van der Waals surface area contributed by atoms with Crippen LogP contribution in [0.25, 0.3) is 0 Å². The Hall–Kier alpha value is -2.89. The third-order valence-electron chi connectivity index (χ3n) is 13.0. The van der Waals surface area contributed by atoms with Crippen molar-refractivity contribution in [2.24, 2.45) is 0 Å². The van der Waals surface area contributed by atoms with Crippen molar-refractivity contribution in [2.45, 2.75) is 309 Å². The molecular weight excluding hydrogens is 853 g/mol. The molecule has 0 unspecified atom stereocenters. The summed E-state index contributed by atoms with van der Waals surface area (Å²) in [5.41, 5.74) is 0. The molecule has 0 aromatic carbocycles. The molecule has 0 saturated carbocycles. The predicted octanol–water partition coefficient (Wildman–Crippen LogP) is 20.0. The van der Waals surface area contributed by atoms with Gasteiger partial charge in [0.1, 0.15) is 13.2 Å². The molecule has 0 aromatic rings. The van der Waals surface area contributed by atoms with E-state index in [0.29, 0.717) is 19.3 Å². The van der Waals surface area contributed by atoms with Crippen molar-refractivity contribution in [3.05, 3.63) is 60.8 Å². The fourth-order valence-corrected chi connectivity index (χ4v) is 8.49. The Morgan fingerprint density at radius 1 is 0.290 bits per heavy atom. The van der Waals surface area contributed by atoms with Gasteiger partial charge in [0.2, 0.25) is 0 Å². The molecule has 0 bridgehead atoms. The van der Waals surface area contributed by atoms with E-state index in [0.717, 1.165) is 64.2 Å². The molecule has 0 rings (SSSR count). The number of unbranched alkanes of at least 4 members (excludes halogenated alkanes) is 33. The Morgan fingerprint density at radius 3 is 0.899 bits per heavy atom. The number of ether oxygens (including phenoxy) is 3. The van der Waals surface area contributed by atoms with Crippen LogP contribution in [-0.2, 0) is 28.6 Å². The van der Waals surface area contributed by atoms with Crippen molar-refractivity contribution >= 4 is 17.9 Å². The van der Waals surface area contributed by atoms with Crippen LogP contribution in [0.15, 0.2) is 60.8 Å². The van der Waals surface area contributed by atoms with E-state index in [1.54, 1.807) is 0 Å². The lowest BCUT2D eigenvalue weighted by Gasteiger charge is -2.18. The minimum absolute atomic E-state index is 0.0935. The van der Waals surface area contributed by atoms with Gasteiger partial charge in [0.15, 0.2) is 6.10 Å². The first-order valence-electron chi connectivity index (χ1n) is 29.8. The molecule has 0 aromatic heterocycles. The van der Waals surface area contributed by atoms with Gasteiger partial charge in [0.05, 0.1) is 0 Å². The second-order valence-electron chi connectivity index (χ2n) is 19.9. The largest absolute Gasteiger partial charge is 0.462 e. The second-order valence-corrected chi connectivity index (χ2v) is 19.9. The van der Waals surface area contributed by atoms with E-state index in [1.807, 2.05) is 0 Å². The lowest BCUT2D eigenvalue weighted by molar-refractivity contribution is -0.167. The normalized spacial score (nSPS) is 12.4. The summed E-state index contributed by atoms with van der Waals surface area (Å²) in [4.78, 5) is 38.2. The zero-order valence-electron chi connectivity index (χ0n) is 45.8. The van der Waals surface area contributed by atoms with Crippen LogP contribution < -0.4 is 0 Å². The smallest absolute Gasteiger partial charge is 0.306 e. The van der Waals surface area contributed by atoms with Crippen molar-refractivity contribution in [2.75, 3.05) is 13.2 Å². The van der Waals surface area contributed by atoms with Crippen LogP contribution in [0.1, 0.15) is 303 Å². The third kappa shape index (κ3) is 55.9. The molecule has 0 fully saturated rings. The fourth-order valence-electron chi connectivity index (χ4n) is 8.49. The SMILES string of the molecule is CCCCC/C=C\C/C=C\C/C=C\C/C=C\CCCC(=O)O[C@H](COC(=O)CCCCCCCCCCC/C=C\CCCCCCCC)COC(=O)CCCCCCCCCCCCCCCCC. The Bertz CT molecular complexity index is 1250. The number of hydrogen-bond donors (Lipinski definition) is 0. The Labute approximate surface area is 428 Å². The molecule has 400 valence electrons. The zero-order chi connectivity index (χ0) is 50.0. The Balaban J connectivity index is 4.42. The maximum Gasteiger partial charge on any atom is 0.306 e. The highest BCUT2D eigenvalue weighted by atomic mass is 16.6. The Morgan fingerprint density at radius 2 is 0.536 bits per heavy atom. The maximum atomic E-state index is 12.8. The molecule has 6 nitrogen and oxygen atoms in total. The third-order valence-corrected chi connectivity index (χ3v) is 13.0. The van der Waals surface area contributed by atoms with Gasteiger partial charge >= 0.3 is 17.9 Å². The summed E-state index contributed by atoms with van der Waals surface area (Å²) in [5, 5.41) is 0. The van der Waals surface area contributed by atoms with Gasteiger partial charge in [-0.2, -0.15) is 0 Å². The summed E-state index contributed by atoms with van der Waals surface area (Å²) >= 11 is 0. The molecular formula is C63H112O6. The van der Waals surface area contributed by atoms with Crippen molar-refractivity contribution < 1.29 is 28.6 Å². The highest BCUT2D eigenvalue weighted by Gasteiger charge is 2.19. The molecule has 6 heteroatoms. The van der Waals surface area contributed by atoms with Gasteiger partial charge in [-0.3, -0.25) is 14.4 Å². The van der Waals surface area contributed by atoms with Gasteiger partial charge in [-0.05, 0) is 83.5 Å². The lowest BCUT2D eigenvalue weighted by Crippen LogP contribution is -2.30. The molecule has 69 heavy (non-hydrogen) atoms. The summed E-state index contributed by atoms with van der Waals surface area (Å²) in [6.07, 6.45) is 72.2. The van der Waals surface area contributed by atoms with Crippen molar-refractivity contribution in [1.82, 2.24) is 0 Å². The van der Waals surface area contributed by atoms with Crippen LogP contribution in [0, 0.1) is 0 Å². The van der Waals surface area contributed by atoms with Crippen LogP contribution >= 0.6 is 0 Å². The van der Waals surface area contributed by atoms with E-state index in [4.69, 9.17) is 14.2 Å². The van der Waals surface area contributed by atoms with E-state index in [9.17, 15) is 14.4 Å². The highest BCUT2D eigenvalue weighted by molar-refractivity contribution is 5.71. The number of rotatable bonds is 54.